The molecule has 1 aromatic carbocycles. The average molecular weight is 372 g/mol. The Hall–Kier alpha value is -2.40. The van der Waals surface area contributed by atoms with Gasteiger partial charge in [0.2, 0.25) is 0 Å². The van der Waals surface area contributed by atoms with Gasteiger partial charge < -0.3 is 10.2 Å². The molecule has 1 N–H and O–H groups in total. The number of carbonyl (C=O) groups excluding carboxylic acids is 2. The van der Waals surface area contributed by atoms with E-state index in [2.05, 4.69) is 10.3 Å². The Morgan fingerprint density at radius 2 is 1.65 bits per heavy atom. The lowest BCUT2D eigenvalue weighted by molar-refractivity contribution is 0.0755. The molecular formula is C20H22ClN3O2. The average Bonchev–Trinajstić information content (AvgIpc) is 2.94. The van der Waals surface area contributed by atoms with E-state index in [4.69, 9.17) is 11.6 Å². The van der Waals surface area contributed by atoms with Crippen molar-refractivity contribution < 1.29 is 9.59 Å². The van der Waals surface area contributed by atoms with Gasteiger partial charge >= 0.3 is 0 Å². The van der Waals surface area contributed by atoms with Gasteiger partial charge in [-0.15, -0.1) is 0 Å². The number of hydrogen-bond donors (Lipinski definition) is 1. The van der Waals surface area contributed by atoms with Gasteiger partial charge in [0.1, 0.15) is 11.4 Å². The van der Waals surface area contributed by atoms with Crippen LogP contribution < -0.4 is 5.32 Å². The van der Waals surface area contributed by atoms with Gasteiger partial charge in [-0.05, 0) is 49.6 Å². The molecule has 5 nitrogen and oxygen atoms in total. The van der Waals surface area contributed by atoms with E-state index in [9.17, 15) is 9.59 Å². The van der Waals surface area contributed by atoms with Crippen molar-refractivity contribution in [1.82, 2.24) is 9.88 Å². The number of hydrogen-bond acceptors (Lipinski definition) is 3. The fourth-order valence-corrected chi connectivity index (χ4v) is 3.22. The molecule has 0 radical (unpaired) electrons. The van der Waals surface area contributed by atoms with E-state index in [1.165, 1.54) is 0 Å². The minimum atomic E-state index is -0.360. The van der Waals surface area contributed by atoms with E-state index in [1.807, 2.05) is 11.8 Å². The van der Waals surface area contributed by atoms with Crippen molar-refractivity contribution in [1.29, 1.82) is 0 Å². The van der Waals surface area contributed by atoms with Crippen LogP contribution in [0.5, 0.6) is 0 Å². The van der Waals surface area contributed by atoms with Crippen LogP contribution >= 0.6 is 11.6 Å². The lowest BCUT2D eigenvalue weighted by Gasteiger charge is -2.19. The number of rotatable bonds is 3. The lowest BCUT2D eigenvalue weighted by Crippen LogP contribution is -2.32. The smallest absolute Gasteiger partial charge is 0.274 e. The summed E-state index contributed by atoms with van der Waals surface area (Å²) in [5, 5.41) is 3.40. The second-order valence-corrected chi connectivity index (χ2v) is 6.89. The molecule has 0 unspecified atom stereocenters. The molecule has 1 aliphatic rings. The van der Waals surface area contributed by atoms with Crippen molar-refractivity contribution in [3.05, 3.63) is 58.4 Å². The van der Waals surface area contributed by atoms with Gasteiger partial charge in [0.05, 0.1) is 0 Å². The Morgan fingerprint density at radius 3 is 2.38 bits per heavy atom. The van der Waals surface area contributed by atoms with Gasteiger partial charge in [-0.25, -0.2) is 4.98 Å². The fourth-order valence-electron chi connectivity index (χ4n) is 3.05. The molecule has 1 aliphatic heterocycles. The Kier molecular flexibility index (Phi) is 5.89. The molecule has 0 atom stereocenters. The molecule has 26 heavy (non-hydrogen) atoms. The van der Waals surface area contributed by atoms with Crippen LogP contribution in [0.25, 0.3) is 0 Å². The standard InChI is InChI=1S/C20H22ClN3O2/c1-14-15(21)8-6-9-16(14)23-19(25)17-10-7-11-18(22-17)20(26)24-12-4-2-3-5-13-24/h6-11H,2-5,12-13H2,1H3,(H,23,25). The van der Waals surface area contributed by atoms with Gasteiger partial charge in [-0.3, -0.25) is 9.59 Å². The lowest BCUT2D eigenvalue weighted by atomic mass is 10.2. The summed E-state index contributed by atoms with van der Waals surface area (Å²) in [5.74, 6) is -0.471. The summed E-state index contributed by atoms with van der Waals surface area (Å²) in [4.78, 5) is 31.4. The topological polar surface area (TPSA) is 62.3 Å². The molecule has 2 amide bonds. The van der Waals surface area contributed by atoms with Crippen molar-refractivity contribution >= 4 is 29.1 Å². The van der Waals surface area contributed by atoms with Gasteiger partial charge in [0.25, 0.3) is 11.8 Å². The third-order valence-corrected chi connectivity index (χ3v) is 5.02. The van der Waals surface area contributed by atoms with E-state index in [1.54, 1.807) is 36.4 Å². The second-order valence-electron chi connectivity index (χ2n) is 6.48. The Balaban J connectivity index is 1.76. The number of aromatic nitrogens is 1. The van der Waals surface area contributed by atoms with E-state index < -0.39 is 0 Å². The van der Waals surface area contributed by atoms with E-state index in [-0.39, 0.29) is 17.5 Å². The third-order valence-electron chi connectivity index (χ3n) is 4.61. The summed E-state index contributed by atoms with van der Waals surface area (Å²) in [7, 11) is 0. The molecule has 3 rings (SSSR count). The van der Waals surface area contributed by atoms with E-state index in [0.29, 0.717) is 16.4 Å². The summed E-state index contributed by atoms with van der Waals surface area (Å²) < 4.78 is 0. The zero-order valence-corrected chi connectivity index (χ0v) is 15.6. The summed E-state index contributed by atoms with van der Waals surface area (Å²) in [6.45, 7) is 3.34. The normalized spacial score (nSPS) is 14.6. The van der Waals surface area contributed by atoms with Crippen LogP contribution in [-0.4, -0.2) is 34.8 Å². The minimum Gasteiger partial charge on any atom is -0.337 e. The molecule has 0 saturated carbocycles. The minimum absolute atomic E-state index is 0.111. The SMILES string of the molecule is Cc1c(Cl)cccc1NC(=O)c1cccc(C(=O)N2CCCCCC2)n1. The van der Waals surface area contributed by atoms with Crippen LogP contribution in [0.3, 0.4) is 0 Å². The van der Waals surface area contributed by atoms with Crippen LogP contribution in [0.15, 0.2) is 36.4 Å². The number of carbonyl (C=O) groups is 2. The maximum absolute atomic E-state index is 12.7. The monoisotopic (exact) mass is 371 g/mol. The highest BCUT2D eigenvalue weighted by atomic mass is 35.5. The second kappa shape index (κ2) is 8.32. The molecule has 1 saturated heterocycles. The Labute approximate surface area is 158 Å². The number of pyridine rings is 1. The predicted octanol–water partition coefficient (Wildman–Crippen LogP) is 4.31. The zero-order valence-electron chi connectivity index (χ0n) is 14.8. The van der Waals surface area contributed by atoms with E-state index >= 15 is 0 Å². The number of halogens is 1. The van der Waals surface area contributed by atoms with Crippen LogP contribution in [0.4, 0.5) is 5.69 Å². The van der Waals surface area contributed by atoms with Crippen LogP contribution in [0.1, 0.15) is 52.2 Å². The third kappa shape index (κ3) is 4.22. The van der Waals surface area contributed by atoms with Gasteiger partial charge in [0, 0.05) is 23.8 Å². The maximum Gasteiger partial charge on any atom is 0.274 e. The molecular weight excluding hydrogens is 350 g/mol. The number of amides is 2. The maximum atomic E-state index is 12.7. The van der Waals surface area contributed by atoms with E-state index in [0.717, 1.165) is 44.3 Å². The molecule has 6 heteroatoms. The van der Waals surface area contributed by atoms with Crippen LogP contribution in [-0.2, 0) is 0 Å². The zero-order chi connectivity index (χ0) is 18.5. The van der Waals surface area contributed by atoms with Gasteiger partial charge in [0.15, 0.2) is 0 Å². The number of likely N-dealkylation sites (tertiary alicyclic amines) is 1. The Morgan fingerprint density at radius 1 is 1.00 bits per heavy atom. The summed E-state index contributed by atoms with van der Waals surface area (Å²) >= 11 is 6.09. The number of nitrogens with one attached hydrogen (secondary N) is 1. The van der Waals surface area contributed by atoms with Crippen molar-refractivity contribution in [3.63, 3.8) is 0 Å². The first-order valence-electron chi connectivity index (χ1n) is 8.89. The molecule has 0 bridgehead atoms. The highest BCUT2D eigenvalue weighted by Crippen LogP contribution is 2.23. The Bertz CT molecular complexity index is 814. The van der Waals surface area contributed by atoms with Crippen molar-refractivity contribution in [2.45, 2.75) is 32.6 Å². The number of anilines is 1. The first kappa shape index (κ1) is 18.4. The summed E-state index contributed by atoms with van der Waals surface area (Å²) in [6, 6.07) is 10.3. The highest BCUT2D eigenvalue weighted by molar-refractivity contribution is 6.31. The highest BCUT2D eigenvalue weighted by Gasteiger charge is 2.20. The molecule has 1 aromatic heterocycles. The largest absolute Gasteiger partial charge is 0.337 e. The van der Waals surface area contributed by atoms with Crippen molar-refractivity contribution in [2.75, 3.05) is 18.4 Å². The van der Waals surface area contributed by atoms with Crippen LogP contribution in [0, 0.1) is 6.92 Å². The summed E-state index contributed by atoms with van der Waals surface area (Å²) in [5.41, 5.74) is 1.94. The molecule has 2 aromatic rings. The first-order chi connectivity index (χ1) is 12.6. The molecule has 2 heterocycles. The molecule has 1 fully saturated rings. The van der Waals surface area contributed by atoms with Crippen molar-refractivity contribution in [2.24, 2.45) is 0 Å². The first-order valence-corrected chi connectivity index (χ1v) is 9.27. The van der Waals surface area contributed by atoms with Gasteiger partial charge in [-0.2, -0.15) is 0 Å². The molecule has 0 aliphatic carbocycles. The van der Waals surface area contributed by atoms with Crippen LogP contribution in [0.2, 0.25) is 5.02 Å². The van der Waals surface area contributed by atoms with Crippen molar-refractivity contribution in [3.8, 4) is 0 Å². The molecule has 136 valence electrons. The molecule has 0 spiro atoms. The van der Waals surface area contributed by atoms with Gasteiger partial charge in [-0.1, -0.05) is 36.6 Å². The number of nitrogens with zero attached hydrogens (tertiary/aromatic N) is 2. The summed E-state index contributed by atoms with van der Waals surface area (Å²) in [6.07, 6.45) is 4.33. The predicted molar refractivity (Wildman–Crippen MR) is 103 cm³/mol. The fraction of sp³-hybridized carbons (Fsp3) is 0.350. The number of benzene rings is 1. The quantitative estimate of drug-likeness (QED) is 0.874.